The molecule has 2 aliphatic rings. The Kier molecular flexibility index (Phi) is 10.1. The molecule has 2 aromatic carbocycles. The highest BCUT2D eigenvalue weighted by molar-refractivity contribution is 5.80. The first kappa shape index (κ1) is 28.0. The van der Waals surface area contributed by atoms with Crippen LogP contribution in [0.4, 0.5) is 4.79 Å². The Morgan fingerprint density at radius 1 is 1.03 bits per heavy atom. The molecule has 38 heavy (non-hydrogen) atoms. The van der Waals surface area contributed by atoms with Gasteiger partial charge in [-0.3, -0.25) is 9.69 Å². The first-order chi connectivity index (χ1) is 18.4. The highest BCUT2D eigenvalue weighted by atomic mass is 16.7. The molecule has 2 fully saturated rings. The van der Waals surface area contributed by atoms with E-state index in [1.165, 1.54) is 0 Å². The molecule has 0 aliphatic carbocycles. The lowest BCUT2D eigenvalue weighted by atomic mass is 9.99. The molecule has 0 radical (unpaired) electrons. The lowest BCUT2D eigenvalue weighted by molar-refractivity contribution is -0.252. The summed E-state index contributed by atoms with van der Waals surface area (Å²) in [6.45, 7) is 4.28. The Balaban J connectivity index is 1.38. The third-order valence-corrected chi connectivity index (χ3v) is 6.73. The number of aliphatic hydroxyl groups excluding tert-OH is 2. The van der Waals surface area contributed by atoms with Crippen molar-refractivity contribution in [2.24, 2.45) is 0 Å². The maximum absolute atomic E-state index is 11.9. The van der Waals surface area contributed by atoms with E-state index in [-0.39, 0.29) is 38.1 Å². The summed E-state index contributed by atoms with van der Waals surface area (Å²) in [6.07, 6.45) is 0.341. The fourth-order valence-corrected chi connectivity index (χ4v) is 4.70. The second-order valence-electron chi connectivity index (χ2n) is 9.64. The Labute approximate surface area is 222 Å². The number of likely N-dealkylation sites (tertiary alicyclic amines) is 1. The van der Waals surface area contributed by atoms with Crippen LogP contribution in [0.25, 0.3) is 0 Å². The van der Waals surface area contributed by atoms with E-state index in [0.717, 1.165) is 35.2 Å². The number of carbonyl (C=O) groups is 2. The number of aliphatic hydroxyl groups is 2. The van der Waals surface area contributed by atoms with Crippen LogP contribution in [0.2, 0.25) is 0 Å². The third kappa shape index (κ3) is 7.99. The standard InChI is InChI=1S/C28H37N3O7/c1-2-36-26(34)15-30-28(35)29-14-19-3-9-22(10-4-19)27-37-24(17-31-12-11-23(33)16-31)13-25(38-27)21-7-5-20(18-32)6-8-21/h3-10,23-25,27,32-33H,2,11-18H2,1H3,(H2,29,30,35). The van der Waals surface area contributed by atoms with Gasteiger partial charge in [-0.25, -0.2) is 4.79 Å². The summed E-state index contributed by atoms with van der Waals surface area (Å²) in [5.41, 5.74) is 3.62. The minimum atomic E-state index is -0.571. The second kappa shape index (κ2) is 13.7. The van der Waals surface area contributed by atoms with Gasteiger partial charge in [-0.2, -0.15) is 0 Å². The number of hydrogen-bond donors (Lipinski definition) is 4. The van der Waals surface area contributed by atoms with Crippen LogP contribution in [0, 0.1) is 0 Å². The van der Waals surface area contributed by atoms with Crippen LogP contribution in [-0.4, -0.2) is 72.1 Å². The monoisotopic (exact) mass is 527 g/mol. The van der Waals surface area contributed by atoms with Crippen molar-refractivity contribution in [3.8, 4) is 0 Å². The molecule has 2 heterocycles. The first-order valence-corrected chi connectivity index (χ1v) is 13.1. The van der Waals surface area contributed by atoms with Crippen LogP contribution in [-0.2, 0) is 32.2 Å². The van der Waals surface area contributed by atoms with E-state index in [9.17, 15) is 19.8 Å². The maximum atomic E-state index is 11.9. The smallest absolute Gasteiger partial charge is 0.325 e. The third-order valence-electron chi connectivity index (χ3n) is 6.73. The molecule has 2 aliphatic heterocycles. The zero-order valence-electron chi connectivity index (χ0n) is 21.7. The molecule has 0 spiro atoms. The van der Waals surface area contributed by atoms with Gasteiger partial charge in [-0.05, 0) is 30.0 Å². The number of esters is 1. The molecule has 2 amide bonds. The van der Waals surface area contributed by atoms with Crippen molar-refractivity contribution in [1.82, 2.24) is 15.5 Å². The zero-order chi connectivity index (χ0) is 26.9. The molecule has 2 aromatic rings. The summed E-state index contributed by atoms with van der Waals surface area (Å²) >= 11 is 0. The van der Waals surface area contributed by atoms with Gasteiger partial charge in [0.2, 0.25) is 0 Å². The first-order valence-electron chi connectivity index (χ1n) is 13.1. The molecule has 2 saturated heterocycles. The van der Waals surface area contributed by atoms with Crippen molar-refractivity contribution in [3.05, 3.63) is 70.8 Å². The molecule has 0 bridgehead atoms. The molecule has 206 valence electrons. The average molecular weight is 528 g/mol. The number of carbonyl (C=O) groups excluding carboxylic acids is 2. The minimum absolute atomic E-state index is 0.00822. The molecular weight excluding hydrogens is 490 g/mol. The number of nitrogens with one attached hydrogen (secondary N) is 2. The predicted molar refractivity (Wildman–Crippen MR) is 139 cm³/mol. The summed E-state index contributed by atoms with van der Waals surface area (Å²) in [7, 11) is 0. The molecule has 4 atom stereocenters. The lowest BCUT2D eigenvalue weighted by Crippen LogP contribution is -2.39. The Hall–Kier alpha value is -3.02. The van der Waals surface area contributed by atoms with E-state index >= 15 is 0 Å². The van der Waals surface area contributed by atoms with E-state index in [1.54, 1.807) is 6.92 Å². The van der Waals surface area contributed by atoms with Crippen LogP contribution in [0.3, 0.4) is 0 Å². The maximum Gasteiger partial charge on any atom is 0.325 e. The molecule has 0 saturated carbocycles. The van der Waals surface area contributed by atoms with Crippen molar-refractivity contribution >= 4 is 12.0 Å². The summed E-state index contributed by atoms with van der Waals surface area (Å²) in [5, 5.41) is 24.5. The van der Waals surface area contributed by atoms with Crippen LogP contribution < -0.4 is 10.6 Å². The number of amides is 2. The van der Waals surface area contributed by atoms with Crippen LogP contribution in [0.5, 0.6) is 0 Å². The Morgan fingerprint density at radius 2 is 1.74 bits per heavy atom. The summed E-state index contributed by atoms with van der Waals surface area (Å²) in [5.74, 6) is -0.485. The lowest BCUT2D eigenvalue weighted by Gasteiger charge is -2.37. The van der Waals surface area contributed by atoms with E-state index in [1.807, 2.05) is 48.5 Å². The molecule has 4 rings (SSSR count). The van der Waals surface area contributed by atoms with Gasteiger partial charge in [0, 0.05) is 38.2 Å². The fraction of sp³-hybridized carbons (Fsp3) is 0.500. The number of β-amino-alcohol motifs (C(OH)–C–C–N with tert-alkyl or cyclic N) is 1. The van der Waals surface area contributed by atoms with Crippen molar-refractivity contribution in [2.75, 3.05) is 32.8 Å². The number of rotatable bonds is 10. The summed E-state index contributed by atoms with van der Waals surface area (Å²) in [4.78, 5) is 25.5. The van der Waals surface area contributed by atoms with Crippen LogP contribution in [0.1, 0.15) is 54.4 Å². The highest BCUT2D eigenvalue weighted by Crippen LogP contribution is 2.38. The van der Waals surface area contributed by atoms with Gasteiger partial charge in [0.25, 0.3) is 0 Å². The van der Waals surface area contributed by atoms with Crippen LogP contribution >= 0.6 is 0 Å². The highest BCUT2D eigenvalue weighted by Gasteiger charge is 2.34. The van der Waals surface area contributed by atoms with E-state index in [4.69, 9.17) is 14.2 Å². The topological polar surface area (TPSA) is 130 Å². The molecule has 4 N–H and O–H groups in total. The fourth-order valence-electron chi connectivity index (χ4n) is 4.70. The molecule has 4 unspecified atom stereocenters. The number of hydrogen-bond acceptors (Lipinski definition) is 8. The number of urea groups is 1. The molecule has 10 heteroatoms. The minimum Gasteiger partial charge on any atom is -0.465 e. The van der Waals surface area contributed by atoms with E-state index < -0.39 is 18.3 Å². The number of ether oxygens (including phenoxy) is 3. The average Bonchev–Trinajstić information content (AvgIpc) is 3.35. The van der Waals surface area contributed by atoms with Gasteiger partial charge in [0.1, 0.15) is 6.54 Å². The van der Waals surface area contributed by atoms with E-state index in [0.29, 0.717) is 26.1 Å². The predicted octanol–water partition coefficient (Wildman–Crippen LogP) is 2.15. The summed E-state index contributed by atoms with van der Waals surface area (Å²) < 4.78 is 17.5. The summed E-state index contributed by atoms with van der Waals surface area (Å²) in [6, 6.07) is 15.0. The van der Waals surface area contributed by atoms with Crippen LogP contribution in [0.15, 0.2) is 48.5 Å². The second-order valence-corrected chi connectivity index (χ2v) is 9.64. The zero-order valence-corrected chi connectivity index (χ0v) is 21.7. The quantitative estimate of drug-likeness (QED) is 0.346. The van der Waals surface area contributed by atoms with Crippen molar-refractivity contribution in [1.29, 1.82) is 0 Å². The van der Waals surface area contributed by atoms with Gasteiger partial charge in [-0.15, -0.1) is 0 Å². The molecule has 0 aromatic heterocycles. The van der Waals surface area contributed by atoms with Gasteiger partial charge < -0.3 is 35.1 Å². The Bertz CT molecular complexity index is 1050. The SMILES string of the molecule is CCOC(=O)CNC(=O)NCc1ccc(C2OC(CN3CCC(O)C3)CC(c3ccc(CO)cc3)O2)cc1. The van der Waals surface area contributed by atoms with E-state index in [2.05, 4.69) is 15.5 Å². The largest absolute Gasteiger partial charge is 0.465 e. The van der Waals surface area contributed by atoms with Gasteiger partial charge in [-0.1, -0.05) is 48.5 Å². The van der Waals surface area contributed by atoms with Gasteiger partial charge >= 0.3 is 12.0 Å². The molecule has 10 nitrogen and oxygen atoms in total. The van der Waals surface area contributed by atoms with Gasteiger partial charge in [0.05, 0.1) is 31.5 Å². The normalized spacial score (nSPS) is 23.7. The number of benzene rings is 2. The van der Waals surface area contributed by atoms with Crippen molar-refractivity contribution < 1.29 is 34.0 Å². The molecular formula is C28H37N3O7. The van der Waals surface area contributed by atoms with Gasteiger partial charge in [0.15, 0.2) is 6.29 Å². The Morgan fingerprint density at radius 3 is 2.39 bits per heavy atom. The van der Waals surface area contributed by atoms with Crippen molar-refractivity contribution in [3.63, 3.8) is 0 Å². The number of nitrogens with zero attached hydrogens (tertiary/aromatic N) is 1. The van der Waals surface area contributed by atoms with Crippen molar-refractivity contribution in [2.45, 2.75) is 57.5 Å².